The molecule has 0 amide bonds. The third-order valence-electron chi connectivity index (χ3n) is 3.41. The number of hydrogen-bond donors (Lipinski definition) is 0. The first kappa shape index (κ1) is 10.0. The number of aryl methyl sites for hydroxylation is 1. The third kappa shape index (κ3) is 1.81. The van der Waals surface area contributed by atoms with Crippen LogP contribution in [-0.2, 0) is 12.8 Å². The molecule has 1 aliphatic carbocycles. The molecule has 0 aliphatic heterocycles. The van der Waals surface area contributed by atoms with E-state index in [1.54, 1.807) is 0 Å². The quantitative estimate of drug-likeness (QED) is 0.652. The Kier molecular flexibility index (Phi) is 2.83. The van der Waals surface area contributed by atoms with E-state index in [2.05, 4.69) is 26.0 Å². The first-order valence-corrected chi connectivity index (χ1v) is 5.82. The Morgan fingerprint density at radius 1 is 1.36 bits per heavy atom. The van der Waals surface area contributed by atoms with Crippen LogP contribution in [0.15, 0.2) is 18.2 Å². The van der Waals surface area contributed by atoms with Gasteiger partial charge in [-0.3, -0.25) is 0 Å². The van der Waals surface area contributed by atoms with Crippen molar-refractivity contribution < 1.29 is 0 Å². The van der Waals surface area contributed by atoms with Crippen LogP contribution >= 0.6 is 11.6 Å². The highest BCUT2D eigenvalue weighted by molar-refractivity contribution is 6.31. The molecule has 1 atom stereocenters. The van der Waals surface area contributed by atoms with Gasteiger partial charge >= 0.3 is 0 Å². The Bertz CT molecular complexity index is 328. The first-order valence-electron chi connectivity index (χ1n) is 5.44. The molecule has 0 saturated carbocycles. The highest BCUT2D eigenvalue weighted by atomic mass is 35.5. The number of fused-ring (bicyclic) bond motifs is 1. The Labute approximate surface area is 91.3 Å². The summed E-state index contributed by atoms with van der Waals surface area (Å²) in [5.74, 6) is 1.60. The van der Waals surface area contributed by atoms with Crippen LogP contribution in [0.1, 0.15) is 31.4 Å². The standard InChI is InChI=1S/C13H17Cl/c1-9(2)11-7-6-10-4-3-5-13(14)12(10)8-11/h3-5,9,11H,6-8H2,1-2H3. The van der Waals surface area contributed by atoms with Crippen LogP contribution in [-0.4, -0.2) is 0 Å². The van der Waals surface area contributed by atoms with Crippen LogP contribution in [0.3, 0.4) is 0 Å². The fourth-order valence-corrected chi connectivity index (χ4v) is 2.61. The lowest BCUT2D eigenvalue weighted by Crippen LogP contribution is -2.19. The van der Waals surface area contributed by atoms with E-state index in [0.717, 1.165) is 16.9 Å². The lowest BCUT2D eigenvalue weighted by Gasteiger charge is -2.28. The lowest BCUT2D eigenvalue weighted by molar-refractivity contribution is 0.343. The van der Waals surface area contributed by atoms with E-state index >= 15 is 0 Å². The highest BCUT2D eigenvalue weighted by Crippen LogP contribution is 2.33. The summed E-state index contributed by atoms with van der Waals surface area (Å²) in [7, 11) is 0. The minimum Gasteiger partial charge on any atom is -0.0840 e. The van der Waals surface area contributed by atoms with Gasteiger partial charge in [-0.15, -0.1) is 0 Å². The molecule has 1 heteroatoms. The molecule has 0 spiro atoms. The summed E-state index contributed by atoms with van der Waals surface area (Å²) in [6.07, 6.45) is 3.70. The van der Waals surface area contributed by atoms with Crippen molar-refractivity contribution in [3.63, 3.8) is 0 Å². The van der Waals surface area contributed by atoms with Gasteiger partial charge in [0.1, 0.15) is 0 Å². The van der Waals surface area contributed by atoms with Gasteiger partial charge in [-0.05, 0) is 48.3 Å². The van der Waals surface area contributed by atoms with Crippen LogP contribution in [0.25, 0.3) is 0 Å². The van der Waals surface area contributed by atoms with Crippen molar-refractivity contribution in [3.05, 3.63) is 34.3 Å². The van der Waals surface area contributed by atoms with E-state index < -0.39 is 0 Å². The number of hydrogen-bond acceptors (Lipinski definition) is 0. The summed E-state index contributed by atoms with van der Waals surface area (Å²) in [4.78, 5) is 0. The van der Waals surface area contributed by atoms with Gasteiger partial charge in [0.25, 0.3) is 0 Å². The second kappa shape index (κ2) is 3.94. The molecule has 0 radical (unpaired) electrons. The maximum absolute atomic E-state index is 6.21. The molecule has 1 aromatic carbocycles. The zero-order valence-electron chi connectivity index (χ0n) is 8.89. The van der Waals surface area contributed by atoms with Crippen molar-refractivity contribution in [1.29, 1.82) is 0 Å². The molecule has 0 bridgehead atoms. The monoisotopic (exact) mass is 208 g/mol. The second-order valence-electron chi connectivity index (χ2n) is 4.62. The fraction of sp³-hybridized carbons (Fsp3) is 0.538. The smallest absolute Gasteiger partial charge is 0.0440 e. The zero-order chi connectivity index (χ0) is 10.1. The highest BCUT2D eigenvalue weighted by Gasteiger charge is 2.22. The molecule has 0 nitrogen and oxygen atoms in total. The van der Waals surface area contributed by atoms with E-state index in [0.29, 0.717) is 0 Å². The fourth-order valence-electron chi connectivity index (χ4n) is 2.34. The molecule has 1 aromatic rings. The predicted octanol–water partition coefficient (Wildman–Crippen LogP) is 4.10. The summed E-state index contributed by atoms with van der Waals surface area (Å²) in [6, 6.07) is 6.30. The van der Waals surface area contributed by atoms with Crippen LogP contribution < -0.4 is 0 Å². The minimum absolute atomic E-state index is 0.777. The molecule has 0 aromatic heterocycles. The zero-order valence-corrected chi connectivity index (χ0v) is 9.64. The average molecular weight is 209 g/mol. The van der Waals surface area contributed by atoms with Crippen molar-refractivity contribution in [2.75, 3.05) is 0 Å². The predicted molar refractivity (Wildman–Crippen MR) is 61.8 cm³/mol. The Hall–Kier alpha value is -0.490. The van der Waals surface area contributed by atoms with Gasteiger partial charge in [0.05, 0.1) is 0 Å². The average Bonchev–Trinajstić information content (AvgIpc) is 2.18. The summed E-state index contributed by atoms with van der Waals surface area (Å²) < 4.78 is 0. The molecular weight excluding hydrogens is 192 g/mol. The van der Waals surface area contributed by atoms with E-state index in [9.17, 15) is 0 Å². The van der Waals surface area contributed by atoms with E-state index in [-0.39, 0.29) is 0 Å². The summed E-state index contributed by atoms with van der Waals surface area (Å²) in [5.41, 5.74) is 2.87. The van der Waals surface area contributed by atoms with Crippen LogP contribution in [0.5, 0.6) is 0 Å². The van der Waals surface area contributed by atoms with E-state index in [1.807, 2.05) is 6.07 Å². The normalized spacial score (nSPS) is 21.0. The molecule has 1 aliphatic rings. The van der Waals surface area contributed by atoms with Crippen molar-refractivity contribution in [2.24, 2.45) is 11.8 Å². The van der Waals surface area contributed by atoms with Crippen molar-refractivity contribution in [3.8, 4) is 0 Å². The third-order valence-corrected chi connectivity index (χ3v) is 3.76. The van der Waals surface area contributed by atoms with Crippen molar-refractivity contribution >= 4 is 11.6 Å². The van der Waals surface area contributed by atoms with E-state index in [4.69, 9.17) is 11.6 Å². The topological polar surface area (TPSA) is 0 Å². The maximum Gasteiger partial charge on any atom is 0.0440 e. The van der Waals surface area contributed by atoms with Gasteiger partial charge in [-0.1, -0.05) is 37.6 Å². The Morgan fingerprint density at radius 3 is 2.86 bits per heavy atom. The van der Waals surface area contributed by atoms with Crippen molar-refractivity contribution in [1.82, 2.24) is 0 Å². The number of benzene rings is 1. The van der Waals surface area contributed by atoms with E-state index in [1.165, 1.54) is 30.4 Å². The van der Waals surface area contributed by atoms with Crippen LogP contribution in [0, 0.1) is 11.8 Å². The number of halogens is 1. The summed E-state index contributed by atoms with van der Waals surface area (Å²) >= 11 is 6.21. The molecule has 0 heterocycles. The first-order chi connectivity index (χ1) is 6.68. The number of rotatable bonds is 1. The molecule has 76 valence electrons. The van der Waals surface area contributed by atoms with Gasteiger partial charge in [0.2, 0.25) is 0 Å². The van der Waals surface area contributed by atoms with Gasteiger partial charge in [0.15, 0.2) is 0 Å². The van der Waals surface area contributed by atoms with Gasteiger partial charge in [-0.25, -0.2) is 0 Å². The molecular formula is C13H17Cl. The van der Waals surface area contributed by atoms with Crippen molar-refractivity contribution in [2.45, 2.75) is 33.1 Å². The Morgan fingerprint density at radius 2 is 2.14 bits per heavy atom. The SMILES string of the molecule is CC(C)C1CCc2cccc(Cl)c2C1. The molecule has 0 fully saturated rings. The Balaban J connectivity index is 2.29. The van der Waals surface area contributed by atoms with Crippen LogP contribution in [0.2, 0.25) is 5.02 Å². The van der Waals surface area contributed by atoms with Gasteiger partial charge < -0.3 is 0 Å². The molecule has 14 heavy (non-hydrogen) atoms. The largest absolute Gasteiger partial charge is 0.0840 e. The molecule has 0 saturated heterocycles. The van der Waals surface area contributed by atoms with Gasteiger partial charge in [-0.2, -0.15) is 0 Å². The minimum atomic E-state index is 0.777. The molecule has 2 rings (SSSR count). The summed E-state index contributed by atoms with van der Waals surface area (Å²) in [5, 5.41) is 0.966. The lowest BCUT2D eigenvalue weighted by atomic mass is 9.78. The van der Waals surface area contributed by atoms with Crippen LogP contribution in [0.4, 0.5) is 0 Å². The molecule has 0 N–H and O–H groups in total. The van der Waals surface area contributed by atoms with Gasteiger partial charge in [0, 0.05) is 5.02 Å². The maximum atomic E-state index is 6.21. The summed E-state index contributed by atoms with van der Waals surface area (Å²) in [6.45, 7) is 4.62. The second-order valence-corrected chi connectivity index (χ2v) is 5.03. The molecule has 1 unspecified atom stereocenters.